The predicted molar refractivity (Wildman–Crippen MR) is 105 cm³/mol. The molecule has 7 heteroatoms. The highest BCUT2D eigenvalue weighted by Gasteiger charge is 2.18. The quantitative estimate of drug-likeness (QED) is 0.739. The van der Waals surface area contributed by atoms with Gasteiger partial charge in [-0.1, -0.05) is 23.5 Å². The third-order valence-electron chi connectivity index (χ3n) is 4.62. The van der Waals surface area contributed by atoms with Crippen molar-refractivity contribution >= 4 is 22.9 Å². The van der Waals surface area contributed by atoms with Crippen molar-refractivity contribution in [1.29, 1.82) is 0 Å². The zero-order valence-corrected chi connectivity index (χ0v) is 16.4. The number of hydrogen-bond donors (Lipinski definition) is 2. The normalized spacial score (nSPS) is 11.0. The molecule has 0 aliphatic heterocycles. The van der Waals surface area contributed by atoms with Crippen LogP contribution in [0.5, 0.6) is 0 Å². The molecule has 0 aliphatic rings. The van der Waals surface area contributed by atoms with Crippen LogP contribution in [0.1, 0.15) is 33.0 Å². The number of carbonyl (C=O) groups excluding carboxylic acids is 1. The maximum absolute atomic E-state index is 12.7. The summed E-state index contributed by atoms with van der Waals surface area (Å²) in [6.45, 7) is 9.64. The maximum Gasteiger partial charge on any atom is 0.277 e. The van der Waals surface area contributed by atoms with Gasteiger partial charge in [0, 0.05) is 21.8 Å². The van der Waals surface area contributed by atoms with Gasteiger partial charge in [0.1, 0.15) is 0 Å². The van der Waals surface area contributed by atoms with Crippen molar-refractivity contribution in [3.63, 3.8) is 0 Å². The molecule has 3 rings (SSSR count). The lowest BCUT2D eigenvalue weighted by Gasteiger charge is -2.09. The fourth-order valence-corrected chi connectivity index (χ4v) is 3.59. The summed E-state index contributed by atoms with van der Waals surface area (Å²) in [5.41, 5.74) is 4.71. The highest BCUT2D eigenvalue weighted by Crippen LogP contribution is 2.20. The molecule has 0 atom stereocenters. The number of nitrogens with zero attached hydrogens (tertiary/aromatic N) is 2. The van der Waals surface area contributed by atoms with Crippen molar-refractivity contribution in [2.24, 2.45) is 0 Å². The van der Waals surface area contributed by atoms with Gasteiger partial charge in [0.25, 0.3) is 5.56 Å². The van der Waals surface area contributed by atoms with Crippen LogP contribution in [0.2, 0.25) is 0 Å². The monoisotopic (exact) mass is 370 g/mol. The topological polar surface area (TPSA) is 79.8 Å². The Labute approximate surface area is 155 Å². The molecule has 0 radical (unpaired) electrons. The van der Waals surface area contributed by atoms with E-state index >= 15 is 0 Å². The number of hydrogen-bond acceptors (Lipinski definition) is 4. The minimum Gasteiger partial charge on any atom is -0.326 e. The van der Waals surface area contributed by atoms with E-state index in [0.29, 0.717) is 16.4 Å². The van der Waals surface area contributed by atoms with Gasteiger partial charge >= 0.3 is 0 Å². The molecular weight excluding hydrogens is 348 g/mol. The number of nitrogens with one attached hydrogen (secondary N) is 2. The van der Waals surface area contributed by atoms with Crippen molar-refractivity contribution < 1.29 is 4.79 Å². The molecule has 2 aromatic heterocycles. The van der Waals surface area contributed by atoms with Gasteiger partial charge in [-0.2, -0.15) is 4.68 Å². The van der Waals surface area contributed by atoms with Crippen LogP contribution >= 0.6 is 11.3 Å². The van der Waals surface area contributed by atoms with Crippen LogP contribution in [0.4, 0.5) is 5.69 Å². The first-order valence-corrected chi connectivity index (χ1v) is 9.20. The molecule has 1 aromatic carbocycles. The summed E-state index contributed by atoms with van der Waals surface area (Å²) in [6, 6.07) is 5.77. The van der Waals surface area contributed by atoms with Gasteiger partial charge in [0.2, 0.25) is 11.0 Å². The molecular formula is C19H22N4O2S. The zero-order chi connectivity index (χ0) is 19.0. The van der Waals surface area contributed by atoms with Gasteiger partial charge in [-0.05, 0) is 51.8 Å². The second kappa shape index (κ2) is 6.92. The Bertz CT molecular complexity index is 1020. The average Bonchev–Trinajstić information content (AvgIpc) is 3.05. The number of anilines is 1. The average molecular weight is 370 g/mol. The van der Waals surface area contributed by atoms with E-state index in [1.165, 1.54) is 16.0 Å². The maximum atomic E-state index is 12.7. The van der Waals surface area contributed by atoms with E-state index in [0.717, 1.165) is 27.4 Å². The van der Waals surface area contributed by atoms with E-state index in [9.17, 15) is 9.59 Å². The summed E-state index contributed by atoms with van der Waals surface area (Å²) in [6.07, 6.45) is 0.0187. The first kappa shape index (κ1) is 18.1. The molecule has 2 N–H and O–H groups in total. The summed E-state index contributed by atoms with van der Waals surface area (Å²) in [5, 5.41) is 6.53. The van der Waals surface area contributed by atoms with Crippen molar-refractivity contribution in [3.8, 4) is 5.13 Å². The van der Waals surface area contributed by atoms with Crippen LogP contribution in [-0.2, 0) is 11.2 Å². The van der Waals surface area contributed by atoms with Gasteiger partial charge in [-0.15, -0.1) is 0 Å². The van der Waals surface area contributed by atoms with Gasteiger partial charge in [0.15, 0.2) is 0 Å². The largest absolute Gasteiger partial charge is 0.326 e. The molecule has 1 amide bonds. The smallest absolute Gasteiger partial charge is 0.277 e. The van der Waals surface area contributed by atoms with E-state index in [4.69, 9.17) is 0 Å². The number of benzene rings is 1. The lowest BCUT2D eigenvalue weighted by molar-refractivity contribution is -0.115. The minimum absolute atomic E-state index is 0.0187. The standard InChI is InChI=1S/C19H22N4O2S/c1-10-7-6-8-16(11(10)2)21-17(24)9-15-13(4)22-23(18(15)25)19-20-12(3)14(5)26-19/h6-8,22H,9H2,1-5H3,(H,21,24). The first-order valence-electron chi connectivity index (χ1n) is 8.39. The van der Waals surface area contributed by atoms with Crippen LogP contribution in [0, 0.1) is 34.6 Å². The van der Waals surface area contributed by atoms with Crippen LogP contribution in [-0.4, -0.2) is 20.7 Å². The predicted octanol–water partition coefficient (Wildman–Crippen LogP) is 3.35. The third-order valence-corrected chi connectivity index (χ3v) is 5.68. The molecule has 6 nitrogen and oxygen atoms in total. The fraction of sp³-hybridized carbons (Fsp3) is 0.316. The summed E-state index contributed by atoms with van der Waals surface area (Å²) in [7, 11) is 0. The Morgan fingerprint density at radius 1 is 1.23 bits per heavy atom. The first-order chi connectivity index (χ1) is 12.3. The lowest BCUT2D eigenvalue weighted by Crippen LogP contribution is -2.22. The Morgan fingerprint density at radius 3 is 2.62 bits per heavy atom. The van der Waals surface area contributed by atoms with Crippen LogP contribution < -0.4 is 10.9 Å². The SMILES string of the molecule is Cc1cccc(NC(=O)Cc2c(C)[nH]n(-c3nc(C)c(C)s3)c2=O)c1C. The molecule has 0 saturated carbocycles. The zero-order valence-electron chi connectivity index (χ0n) is 15.6. The molecule has 0 fully saturated rings. The van der Waals surface area contributed by atoms with Crippen molar-refractivity contribution in [2.45, 2.75) is 41.0 Å². The van der Waals surface area contributed by atoms with Gasteiger partial charge < -0.3 is 5.32 Å². The van der Waals surface area contributed by atoms with Crippen LogP contribution in [0.3, 0.4) is 0 Å². The van der Waals surface area contributed by atoms with Gasteiger partial charge in [-0.3, -0.25) is 14.7 Å². The van der Waals surface area contributed by atoms with E-state index in [2.05, 4.69) is 15.4 Å². The molecule has 2 heterocycles. The number of aromatic amines is 1. The second-order valence-corrected chi connectivity index (χ2v) is 7.65. The third kappa shape index (κ3) is 3.35. The number of carbonyl (C=O) groups is 1. The number of aryl methyl sites for hydroxylation is 4. The number of amides is 1. The Morgan fingerprint density at radius 2 is 1.96 bits per heavy atom. The summed E-state index contributed by atoms with van der Waals surface area (Å²) in [4.78, 5) is 30.7. The van der Waals surface area contributed by atoms with Gasteiger partial charge in [0.05, 0.1) is 12.1 Å². The molecule has 0 saturated heterocycles. The minimum atomic E-state index is -0.229. The fourth-order valence-electron chi connectivity index (χ4n) is 2.72. The molecule has 3 aromatic rings. The molecule has 0 aliphatic carbocycles. The highest BCUT2D eigenvalue weighted by molar-refractivity contribution is 7.14. The van der Waals surface area contributed by atoms with E-state index in [1.807, 2.05) is 45.9 Å². The van der Waals surface area contributed by atoms with Crippen molar-refractivity contribution in [2.75, 3.05) is 5.32 Å². The van der Waals surface area contributed by atoms with Gasteiger partial charge in [-0.25, -0.2) is 4.98 Å². The van der Waals surface area contributed by atoms with E-state index in [1.54, 1.807) is 6.92 Å². The molecule has 26 heavy (non-hydrogen) atoms. The summed E-state index contributed by atoms with van der Waals surface area (Å²) >= 11 is 1.45. The summed E-state index contributed by atoms with van der Waals surface area (Å²) < 4.78 is 1.42. The van der Waals surface area contributed by atoms with Crippen molar-refractivity contribution in [3.05, 3.63) is 61.5 Å². The Balaban J connectivity index is 1.85. The lowest BCUT2D eigenvalue weighted by atomic mass is 10.1. The molecule has 136 valence electrons. The number of thiazole rings is 1. The van der Waals surface area contributed by atoms with Crippen molar-refractivity contribution in [1.82, 2.24) is 14.8 Å². The highest BCUT2D eigenvalue weighted by atomic mass is 32.1. The molecule has 0 unspecified atom stereocenters. The Kier molecular flexibility index (Phi) is 4.82. The number of rotatable bonds is 4. The Hall–Kier alpha value is -2.67. The van der Waals surface area contributed by atoms with E-state index < -0.39 is 0 Å². The van der Waals surface area contributed by atoms with Crippen LogP contribution in [0.15, 0.2) is 23.0 Å². The number of H-pyrrole nitrogens is 1. The van der Waals surface area contributed by atoms with E-state index in [-0.39, 0.29) is 17.9 Å². The summed E-state index contributed by atoms with van der Waals surface area (Å²) in [5.74, 6) is -0.212. The molecule has 0 spiro atoms. The second-order valence-electron chi connectivity index (χ2n) is 6.47. The number of aromatic nitrogens is 3. The van der Waals surface area contributed by atoms with Crippen LogP contribution in [0.25, 0.3) is 5.13 Å². The molecule has 0 bridgehead atoms.